The largest absolute Gasteiger partial charge is 0.352 e. The van der Waals surface area contributed by atoms with E-state index in [1.807, 2.05) is 0 Å². The summed E-state index contributed by atoms with van der Waals surface area (Å²) >= 11 is 0. The van der Waals surface area contributed by atoms with Crippen LogP contribution in [0.3, 0.4) is 0 Å². The summed E-state index contributed by atoms with van der Waals surface area (Å²) in [5.41, 5.74) is 0. The first kappa shape index (κ1) is 9.52. The monoisotopic (exact) mass is 170 g/mol. The van der Waals surface area contributed by atoms with Crippen molar-refractivity contribution in [1.82, 2.24) is 10.6 Å². The van der Waals surface area contributed by atoms with Crippen LogP contribution in [0, 0.1) is 5.92 Å². The third-order valence-electron chi connectivity index (χ3n) is 2.59. The van der Waals surface area contributed by atoms with Gasteiger partial charge in [-0.2, -0.15) is 0 Å². The van der Waals surface area contributed by atoms with Crippen LogP contribution in [0.5, 0.6) is 0 Å². The van der Waals surface area contributed by atoms with E-state index in [4.69, 9.17) is 0 Å². The second-order valence-electron chi connectivity index (χ2n) is 3.74. The molecule has 3 nitrogen and oxygen atoms in total. The molecule has 0 aromatic heterocycles. The number of carbonyl (C=O) groups is 1. The van der Waals surface area contributed by atoms with Crippen molar-refractivity contribution in [2.75, 3.05) is 6.54 Å². The van der Waals surface area contributed by atoms with Crippen molar-refractivity contribution < 1.29 is 4.79 Å². The van der Waals surface area contributed by atoms with Crippen LogP contribution in [-0.4, -0.2) is 24.5 Å². The van der Waals surface area contributed by atoms with Crippen LogP contribution in [-0.2, 0) is 4.79 Å². The topological polar surface area (TPSA) is 41.1 Å². The number of rotatable bonds is 1. The van der Waals surface area contributed by atoms with Crippen LogP contribution < -0.4 is 10.6 Å². The Hall–Kier alpha value is -0.570. The molecule has 0 spiro atoms. The fourth-order valence-electron chi connectivity index (χ4n) is 1.84. The number of hydrogen-bond acceptors (Lipinski definition) is 2. The Kier molecular flexibility index (Phi) is 3.09. The normalized spacial score (nSPS) is 36.1. The molecule has 1 heterocycles. The van der Waals surface area contributed by atoms with Crippen LogP contribution in [0.25, 0.3) is 0 Å². The molecule has 0 bridgehead atoms. The molecule has 0 saturated carbocycles. The standard InChI is InChI=1S/C9H18N2O/c1-6-4-5-10-7(2)9(6)11-8(3)12/h6-7,9-10H,4-5H2,1-3H3,(H,11,12). The van der Waals surface area contributed by atoms with Crippen LogP contribution in [0.2, 0.25) is 0 Å². The average Bonchev–Trinajstić information content (AvgIpc) is 1.97. The molecule has 70 valence electrons. The molecule has 1 fully saturated rings. The molecule has 1 aliphatic heterocycles. The summed E-state index contributed by atoms with van der Waals surface area (Å²) in [6.45, 7) is 6.96. The van der Waals surface area contributed by atoms with E-state index in [0.717, 1.165) is 13.0 Å². The molecule has 0 aromatic rings. The maximum absolute atomic E-state index is 10.9. The Labute approximate surface area is 73.9 Å². The third kappa shape index (κ3) is 2.21. The summed E-state index contributed by atoms with van der Waals surface area (Å²) in [4.78, 5) is 10.9. The number of hydrogen-bond donors (Lipinski definition) is 2. The van der Waals surface area contributed by atoms with Gasteiger partial charge in [0.25, 0.3) is 0 Å². The molecule has 2 N–H and O–H groups in total. The molecular formula is C9H18N2O. The quantitative estimate of drug-likeness (QED) is 0.602. The highest BCUT2D eigenvalue weighted by Crippen LogP contribution is 2.15. The zero-order valence-electron chi connectivity index (χ0n) is 8.05. The lowest BCUT2D eigenvalue weighted by atomic mass is 9.89. The van der Waals surface area contributed by atoms with E-state index in [-0.39, 0.29) is 5.91 Å². The van der Waals surface area contributed by atoms with E-state index in [9.17, 15) is 4.79 Å². The Balaban J connectivity index is 2.50. The second kappa shape index (κ2) is 3.90. The average molecular weight is 170 g/mol. The summed E-state index contributed by atoms with van der Waals surface area (Å²) in [6, 6.07) is 0.703. The van der Waals surface area contributed by atoms with Crippen molar-refractivity contribution in [3.63, 3.8) is 0 Å². The number of carbonyl (C=O) groups excluding carboxylic acids is 1. The molecule has 3 heteroatoms. The van der Waals surface area contributed by atoms with Crippen molar-refractivity contribution in [2.45, 2.75) is 39.3 Å². The van der Waals surface area contributed by atoms with Gasteiger partial charge in [-0.05, 0) is 25.8 Å². The lowest BCUT2D eigenvalue weighted by molar-refractivity contribution is -0.120. The summed E-state index contributed by atoms with van der Waals surface area (Å²) < 4.78 is 0. The summed E-state index contributed by atoms with van der Waals surface area (Å²) in [5.74, 6) is 0.660. The van der Waals surface area contributed by atoms with Crippen molar-refractivity contribution in [3.8, 4) is 0 Å². The minimum atomic E-state index is 0.0717. The smallest absolute Gasteiger partial charge is 0.217 e. The second-order valence-corrected chi connectivity index (χ2v) is 3.74. The van der Waals surface area contributed by atoms with Crippen LogP contribution in [0.15, 0.2) is 0 Å². The summed E-state index contributed by atoms with van der Waals surface area (Å²) in [6.07, 6.45) is 1.15. The highest BCUT2D eigenvalue weighted by Gasteiger charge is 2.27. The Bertz CT molecular complexity index is 160. The molecule has 0 aliphatic carbocycles. The molecule has 0 radical (unpaired) electrons. The number of piperidine rings is 1. The van der Waals surface area contributed by atoms with Gasteiger partial charge >= 0.3 is 0 Å². The van der Waals surface area contributed by atoms with E-state index in [1.165, 1.54) is 0 Å². The SMILES string of the molecule is CC(=O)NC1C(C)CCNC1C. The molecule has 3 atom stereocenters. The minimum absolute atomic E-state index is 0.0717. The van der Waals surface area contributed by atoms with Gasteiger partial charge in [-0.1, -0.05) is 6.92 Å². The zero-order valence-corrected chi connectivity index (χ0v) is 8.05. The van der Waals surface area contributed by atoms with Gasteiger partial charge < -0.3 is 10.6 Å². The first-order valence-electron chi connectivity index (χ1n) is 4.61. The van der Waals surface area contributed by atoms with E-state index < -0.39 is 0 Å². The van der Waals surface area contributed by atoms with Crippen molar-refractivity contribution in [2.24, 2.45) is 5.92 Å². The minimum Gasteiger partial charge on any atom is -0.352 e. The van der Waals surface area contributed by atoms with Crippen LogP contribution in [0.4, 0.5) is 0 Å². The summed E-state index contributed by atoms with van der Waals surface area (Å²) in [5, 5.41) is 6.33. The Morgan fingerprint density at radius 1 is 1.50 bits per heavy atom. The van der Waals surface area contributed by atoms with Gasteiger partial charge in [-0.15, -0.1) is 0 Å². The molecule has 3 unspecified atom stereocenters. The zero-order chi connectivity index (χ0) is 9.14. The van der Waals surface area contributed by atoms with Gasteiger partial charge in [-0.25, -0.2) is 0 Å². The van der Waals surface area contributed by atoms with Gasteiger partial charge in [0, 0.05) is 19.0 Å². The van der Waals surface area contributed by atoms with Gasteiger partial charge in [0.1, 0.15) is 0 Å². The van der Waals surface area contributed by atoms with Crippen molar-refractivity contribution >= 4 is 5.91 Å². The van der Waals surface area contributed by atoms with Crippen molar-refractivity contribution in [1.29, 1.82) is 0 Å². The lowest BCUT2D eigenvalue weighted by Crippen LogP contribution is -2.55. The Morgan fingerprint density at radius 3 is 2.67 bits per heavy atom. The van der Waals surface area contributed by atoms with Gasteiger partial charge in [0.15, 0.2) is 0 Å². The first-order chi connectivity index (χ1) is 5.61. The lowest BCUT2D eigenvalue weighted by Gasteiger charge is -2.35. The van der Waals surface area contributed by atoms with Gasteiger partial charge in [0.05, 0.1) is 0 Å². The molecule has 1 saturated heterocycles. The molecule has 12 heavy (non-hydrogen) atoms. The van der Waals surface area contributed by atoms with Gasteiger partial charge in [-0.3, -0.25) is 4.79 Å². The molecular weight excluding hydrogens is 152 g/mol. The van der Waals surface area contributed by atoms with E-state index in [1.54, 1.807) is 6.92 Å². The van der Waals surface area contributed by atoms with Gasteiger partial charge in [0.2, 0.25) is 5.91 Å². The maximum Gasteiger partial charge on any atom is 0.217 e. The highest BCUT2D eigenvalue weighted by molar-refractivity contribution is 5.73. The molecule has 1 rings (SSSR count). The molecule has 0 aromatic carbocycles. The fourth-order valence-corrected chi connectivity index (χ4v) is 1.84. The number of amides is 1. The third-order valence-corrected chi connectivity index (χ3v) is 2.59. The Morgan fingerprint density at radius 2 is 2.17 bits per heavy atom. The maximum atomic E-state index is 10.9. The van der Waals surface area contributed by atoms with Crippen LogP contribution >= 0.6 is 0 Å². The van der Waals surface area contributed by atoms with Crippen molar-refractivity contribution in [3.05, 3.63) is 0 Å². The predicted molar refractivity (Wildman–Crippen MR) is 48.9 cm³/mol. The van der Waals surface area contributed by atoms with E-state index >= 15 is 0 Å². The fraction of sp³-hybridized carbons (Fsp3) is 0.889. The van der Waals surface area contributed by atoms with Crippen LogP contribution in [0.1, 0.15) is 27.2 Å². The van der Waals surface area contributed by atoms with E-state index in [2.05, 4.69) is 24.5 Å². The summed E-state index contributed by atoms with van der Waals surface area (Å²) in [7, 11) is 0. The number of nitrogens with one attached hydrogen (secondary N) is 2. The van der Waals surface area contributed by atoms with E-state index in [0.29, 0.717) is 18.0 Å². The molecule has 1 aliphatic rings. The molecule has 1 amide bonds. The first-order valence-corrected chi connectivity index (χ1v) is 4.61. The predicted octanol–water partition coefficient (Wildman–Crippen LogP) is 0.509. The highest BCUT2D eigenvalue weighted by atomic mass is 16.1.